The summed E-state index contributed by atoms with van der Waals surface area (Å²) in [6, 6.07) is 1.34. The lowest BCUT2D eigenvalue weighted by Gasteiger charge is -2.34. The number of halogens is 2. The molecule has 4 atom stereocenters. The fraction of sp³-hybridized carbons (Fsp3) is 0.565. The fourth-order valence-electron chi connectivity index (χ4n) is 4.89. The largest absolute Gasteiger partial charge is 0.396 e. The van der Waals surface area contributed by atoms with E-state index in [2.05, 4.69) is 25.6 Å². The third kappa shape index (κ3) is 4.67. The fourth-order valence-corrected chi connectivity index (χ4v) is 6.00. The average Bonchev–Trinajstić information content (AvgIpc) is 3.33. The molecule has 0 saturated heterocycles. The quantitative estimate of drug-likeness (QED) is 0.328. The molecule has 3 aromatic rings. The molecule has 0 amide bonds. The standard InChI is InChI=1S/C23H28F2N6O3S/c1-10-16(21-30-17-11(2)26-4-3-15(17)35-21)20(29-14-5-13(9-32)18(33)19(14)34)31-22(28-10)27-8-12-6-23(24,25)7-12/h3-4,12-14,18-19,32-34H,5-9H2,1-2H3,(H2,27,28,29,31)/t13-,14-,18-,19+/m1/s1. The Balaban J connectivity index is 1.49. The van der Waals surface area contributed by atoms with E-state index in [1.54, 1.807) is 6.20 Å². The van der Waals surface area contributed by atoms with E-state index in [0.717, 1.165) is 15.9 Å². The maximum Gasteiger partial charge on any atom is 0.248 e. The van der Waals surface area contributed by atoms with Crippen molar-refractivity contribution in [1.82, 2.24) is 19.9 Å². The number of nitrogens with zero attached hydrogens (tertiary/aromatic N) is 4. The second-order valence-corrected chi connectivity index (χ2v) is 10.6. The minimum atomic E-state index is -2.60. The lowest BCUT2D eigenvalue weighted by atomic mass is 9.81. The van der Waals surface area contributed by atoms with Gasteiger partial charge in [-0.1, -0.05) is 0 Å². The van der Waals surface area contributed by atoms with Gasteiger partial charge in [0.15, 0.2) is 0 Å². The van der Waals surface area contributed by atoms with Crippen molar-refractivity contribution in [3.63, 3.8) is 0 Å². The molecule has 5 N–H and O–H groups in total. The van der Waals surface area contributed by atoms with Gasteiger partial charge in [-0.25, -0.2) is 18.7 Å². The van der Waals surface area contributed by atoms with Crippen LogP contribution in [0.3, 0.4) is 0 Å². The summed E-state index contributed by atoms with van der Waals surface area (Å²) in [6.45, 7) is 3.79. The van der Waals surface area contributed by atoms with Crippen molar-refractivity contribution in [2.75, 3.05) is 23.8 Å². The van der Waals surface area contributed by atoms with Crippen molar-refractivity contribution in [3.05, 3.63) is 23.7 Å². The Morgan fingerprint density at radius 1 is 1.11 bits per heavy atom. The summed E-state index contributed by atoms with van der Waals surface area (Å²) in [5.41, 5.74) is 2.86. The minimum absolute atomic E-state index is 0.151. The van der Waals surface area contributed by atoms with Gasteiger partial charge in [-0.3, -0.25) is 4.98 Å². The van der Waals surface area contributed by atoms with Crippen LogP contribution in [0.15, 0.2) is 12.3 Å². The third-order valence-corrected chi connectivity index (χ3v) is 7.91. The predicted molar refractivity (Wildman–Crippen MR) is 129 cm³/mol. The molecule has 2 fully saturated rings. The summed E-state index contributed by atoms with van der Waals surface area (Å²) in [5.74, 6) is -2.50. The molecule has 0 unspecified atom stereocenters. The van der Waals surface area contributed by atoms with Crippen molar-refractivity contribution in [3.8, 4) is 10.6 Å². The first kappa shape index (κ1) is 24.2. The number of thiazole rings is 1. The summed E-state index contributed by atoms with van der Waals surface area (Å²) < 4.78 is 27.4. The second kappa shape index (κ2) is 9.16. The van der Waals surface area contributed by atoms with Crippen LogP contribution in [0.4, 0.5) is 20.5 Å². The van der Waals surface area contributed by atoms with Crippen LogP contribution in [0.25, 0.3) is 20.8 Å². The van der Waals surface area contributed by atoms with Crippen LogP contribution in [0, 0.1) is 25.7 Å². The summed E-state index contributed by atoms with van der Waals surface area (Å²) in [4.78, 5) is 18.2. The van der Waals surface area contributed by atoms with Gasteiger partial charge in [0.1, 0.15) is 22.4 Å². The highest BCUT2D eigenvalue weighted by atomic mass is 32.1. The molecule has 12 heteroatoms. The number of aliphatic hydroxyl groups is 3. The van der Waals surface area contributed by atoms with Crippen LogP contribution in [0.5, 0.6) is 0 Å². The van der Waals surface area contributed by atoms with Crippen molar-refractivity contribution < 1.29 is 24.1 Å². The van der Waals surface area contributed by atoms with Gasteiger partial charge in [-0.15, -0.1) is 11.3 Å². The molecule has 3 aromatic heterocycles. The highest BCUT2D eigenvalue weighted by molar-refractivity contribution is 7.21. The first-order valence-electron chi connectivity index (χ1n) is 11.6. The number of aryl methyl sites for hydroxylation is 2. The van der Waals surface area contributed by atoms with Crippen LogP contribution >= 0.6 is 11.3 Å². The number of hydrogen-bond acceptors (Lipinski definition) is 10. The second-order valence-electron chi connectivity index (χ2n) is 9.54. The lowest BCUT2D eigenvalue weighted by molar-refractivity contribution is -0.106. The SMILES string of the molecule is Cc1nc(NCC2CC(F)(F)C2)nc(N[C@@H]2C[C@H](CO)[C@@H](O)[C@H]2O)c1-c1nc2c(C)nccc2s1. The van der Waals surface area contributed by atoms with E-state index in [9.17, 15) is 24.1 Å². The van der Waals surface area contributed by atoms with Gasteiger partial charge in [-0.2, -0.15) is 4.98 Å². The van der Waals surface area contributed by atoms with Crippen molar-refractivity contribution >= 4 is 33.3 Å². The van der Waals surface area contributed by atoms with E-state index >= 15 is 0 Å². The number of nitrogens with one attached hydrogen (secondary N) is 2. The van der Waals surface area contributed by atoms with E-state index in [4.69, 9.17) is 4.98 Å². The minimum Gasteiger partial charge on any atom is -0.396 e. The Labute approximate surface area is 204 Å². The summed E-state index contributed by atoms with van der Waals surface area (Å²) in [7, 11) is 0. The molecule has 2 saturated carbocycles. The van der Waals surface area contributed by atoms with Gasteiger partial charge in [0.05, 0.1) is 33.8 Å². The molecule has 0 spiro atoms. The Hall–Kier alpha value is -2.54. The Morgan fingerprint density at radius 2 is 1.89 bits per heavy atom. The first-order chi connectivity index (χ1) is 16.6. The molecule has 0 radical (unpaired) electrons. The maximum absolute atomic E-state index is 13.2. The van der Waals surface area contributed by atoms with Crippen molar-refractivity contribution in [2.45, 2.75) is 57.3 Å². The summed E-state index contributed by atoms with van der Waals surface area (Å²) in [5, 5.41) is 37.4. The lowest BCUT2D eigenvalue weighted by Crippen LogP contribution is -2.39. The predicted octanol–water partition coefficient (Wildman–Crippen LogP) is 2.74. The Bertz CT molecular complexity index is 1230. The van der Waals surface area contributed by atoms with E-state index in [0.29, 0.717) is 35.0 Å². The number of aromatic nitrogens is 4. The number of anilines is 2. The van der Waals surface area contributed by atoms with E-state index < -0.39 is 30.1 Å². The van der Waals surface area contributed by atoms with Crippen LogP contribution in [0.2, 0.25) is 0 Å². The van der Waals surface area contributed by atoms with Gasteiger partial charge in [0, 0.05) is 38.1 Å². The molecule has 5 rings (SSSR count). The van der Waals surface area contributed by atoms with Crippen LogP contribution in [0.1, 0.15) is 30.7 Å². The monoisotopic (exact) mass is 506 g/mol. The smallest absolute Gasteiger partial charge is 0.248 e. The molecule has 0 aromatic carbocycles. The molecule has 188 valence electrons. The zero-order chi connectivity index (χ0) is 24.9. The number of alkyl halides is 2. The van der Waals surface area contributed by atoms with Gasteiger partial charge in [-0.05, 0) is 32.3 Å². The van der Waals surface area contributed by atoms with Crippen molar-refractivity contribution in [2.24, 2.45) is 11.8 Å². The Morgan fingerprint density at radius 3 is 2.54 bits per heavy atom. The van der Waals surface area contributed by atoms with Gasteiger partial charge < -0.3 is 26.0 Å². The molecule has 9 nitrogen and oxygen atoms in total. The van der Waals surface area contributed by atoms with Gasteiger partial charge in [0.25, 0.3) is 0 Å². The number of fused-ring (bicyclic) bond motifs is 1. The first-order valence-corrected chi connectivity index (χ1v) is 12.4. The van der Waals surface area contributed by atoms with E-state index in [1.165, 1.54) is 11.3 Å². The molecular weight excluding hydrogens is 478 g/mol. The van der Waals surface area contributed by atoms with Crippen LogP contribution in [-0.2, 0) is 0 Å². The maximum atomic E-state index is 13.2. The average molecular weight is 507 g/mol. The molecule has 0 aliphatic heterocycles. The molecule has 2 aliphatic rings. The number of rotatable bonds is 7. The normalized spacial score (nSPS) is 26.1. The van der Waals surface area contributed by atoms with Crippen LogP contribution in [-0.4, -0.2) is 72.6 Å². The molecule has 3 heterocycles. The van der Waals surface area contributed by atoms with Gasteiger partial charge in [0.2, 0.25) is 11.9 Å². The molecular formula is C23H28F2N6O3S. The highest BCUT2D eigenvalue weighted by Crippen LogP contribution is 2.42. The van der Waals surface area contributed by atoms with Crippen molar-refractivity contribution in [1.29, 1.82) is 0 Å². The molecule has 35 heavy (non-hydrogen) atoms. The summed E-state index contributed by atoms with van der Waals surface area (Å²) >= 11 is 1.47. The number of pyridine rings is 1. The van der Waals surface area contributed by atoms with Crippen LogP contribution < -0.4 is 10.6 Å². The summed E-state index contributed by atoms with van der Waals surface area (Å²) in [6.07, 6.45) is -0.385. The zero-order valence-corrected chi connectivity index (χ0v) is 20.2. The topological polar surface area (TPSA) is 136 Å². The van der Waals surface area contributed by atoms with E-state index in [1.807, 2.05) is 19.9 Å². The number of aliphatic hydroxyl groups excluding tert-OH is 3. The van der Waals surface area contributed by atoms with E-state index in [-0.39, 0.29) is 31.3 Å². The Kier molecular flexibility index (Phi) is 6.32. The molecule has 0 bridgehead atoms. The highest BCUT2D eigenvalue weighted by Gasteiger charge is 2.45. The van der Waals surface area contributed by atoms with Gasteiger partial charge >= 0.3 is 0 Å². The number of hydrogen-bond donors (Lipinski definition) is 5. The third-order valence-electron chi connectivity index (χ3n) is 6.88. The zero-order valence-electron chi connectivity index (χ0n) is 19.4. The molecule has 2 aliphatic carbocycles.